The minimum absolute atomic E-state index is 0. The summed E-state index contributed by atoms with van der Waals surface area (Å²) < 4.78 is 12.5. The van der Waals surface area contributed by atoms with E-state index in [1.807, 2.05) is 0 Å². The number of hydrogen-bond acceptors (Lipinski definition) is 1. The van der Waals surface area contributed by atoms with Crippen LogP contribution in [0.1, 0.15) is 18.4 Å². The third-order valence-electron chi connectivity index (χ3n) is 1.82. The molecule has 0 saturated carbocycles. The molecule has 14 heavy (non-hydrogen) atoms. The lowest BCUT2D eigenvalue weighted by Crippen LogP contribution is -2.09. The van der Waals surface area contributed by atoms with Crippen molar-refractivity contribution in [1.82, 2.24) is 0 Å². The van der Waals surface area contributed by atoms with Gasteiger partial charge in [-0.25, -0.2) is 4.39 Å². The van der Waals surface area contributed by atoms with Gasteiger partial charge < -0.3 is 5.73 Å². The summed E-state index contributed by atoms with van der Waals surface area (Å²) >= 11 is 0. The summed E-state index contributed by atoms with van der Waals surface area (Å²) in [4.78, 5) is 0. The Labute approximate surface area is 89.2 Å². The molecule has 0 unspecified atom stereocenters. The van der Waals surface area contributed by atoms with E-state index < -0.39 is 0 Å². The van der Waals surface area contributed by atoms with E-state index in [4.69, 9.17) is 11.1 Å². The first-order valence-corrected chi connectivity index (χ1v) is 4.26. The third kappa shape index (κ3) is 4.82. The van der Waals surface area contributed by atoms with Crippen molar-refractivity contribution < 1.29 is 4.39 Å². The van der Waals surface area contributed by atoms with Crippen molar-refractivity contribution in [2.75, 3.05) is 0 Å². The molecule has 0 bridgehead atoms. The Bertz CT molecular complexity index is 285. The molecular formula is C10H14ClFN2. The molecule has 0 saturated heterocycles. The number of benzene rings is 1. The molecule has 1 aromatic carbocycles. The highest BCUT2D eigenvalue weighted by Crippen LogP contribution is 2.06. The Hall–Kier alpha value is -1.09. The normalized spacial score (nSPS) is 9.21. The van der Waals surface area contributed by atoms with Gasteiger partial charge in [-0.1, -0.05) is 12.1 Å². The second kappa shape index (κ2) is 6.38. The zero-order valence-corrected chi connectivity index (χ0v) is 8.61. The number of hydrogen-bond donors (Lipinski definition) is 2. The molecule has 0 aliphatic heterocycles. The maximum Gasteiger partial charge on any atom is 0.123 e. The van der Waals surface area contributed by atoms with Gasteiger partial charge in [0.05, 0.1) is 5.84 Å². The number of nitrogens with two attached hydrogens (primary N) is 1. The van der Waals surface area contributed by atoms with Gasteiger partial charge in [-0.05, 0) is 30.5 Å². The van der Waals surface area contributed by atoms with Crippen LogP contribution in [0.3, 0.4) is 0 Å². The van der Waals surface area contributed by atoms with Crippen LogP contribution in [0.4, 0.5) is 4.39 Å². The molecule has 0 fully saturated rings. The number of nitrogens with one attached hydrogen (secondary N) is 1. The van der Waals surface area contributed by atoms with Crippen LogP contribution in [-0.2, 0) is 6.42 Å². The van der Waals surface area contributed by atoms with Gasteiger partial charge in [-0.3, -0.25) is 5.41 Å². The second-order valence-electron chi connectivity index (χ2n) is 3.01. The standard InChI is InChI=1S/C10H13FN2.ClH/c11-9-6-4-8(5-7-9)2-1-3-10(12)13;/h4-7H,1-3H2,(H3,12,13);1H. The minimum atomic E-state index is -0.213. The predicted octanol–water partition coefficient (Wildman–Crippen LogP) is 2.51. The number of aryl methyl sites for hydroxylation is 1. The lowest BCUT2D eigenvalue weighted by molar-refractivity contribution is 0.626. The smallest absolute Gasteiger partial charge is 0.123 e. The van der Waals surface area contributed by atoms with Crippen LogP contribution < -0.4 is 5.73 Å². The van der Waals surface area contributed by atoms with Crippen molar-refractivity contribution in [2.24, 2.45) is 5.73 Å². The van der Waals surface area contributed by atoms with Crippen molar-refractivity contribution in [3.8, 4) is 0 Å². The van der Waals surface area contributed by atoms with E-state index in [2.05, 4.69) is 0 Å². The molecule has 2 nitrogen and oxygen atoms in total. The second-order valence-corrected chi connectivity index (χ2v) is 3.01. The van der Waals surface area contributed by atoms with Crippen molar-refractivity contribution in [3.63, 3.8) is 0 Å². The highest BCUT2D eigenvalue weighted by molar-refractivity contribution is 5.85. The van der Waals surface area contributed by atoms with Gasteiger partial charge in [0, 0.05) is 6.42 Å². The summed E-state index contributed by atoms with van der Waals surface area (Å²) in [6.07, 6.45) is 2.30. The highest BCUT2D eigenvalue weighted by Gasteiger charge is 1.95. The molecule has 1 aromatic rings. The summed E-state index contributed by atoms with van der Waals surface area (Å²) in [5.74, 6) is -0.00238. The minimum Gasteiger partial charge on any atom is -0.388 e. The van der Waals surface area contributed by atoms with Crippen LogP contribution >= 0.6 is 12.4 Å². The first-order valence-electron chi connectivity index (χ1n) is 4.26. The van der Waals surface area contributed by atoms with Crippen LogP contribution in [0.15, 0.2) is 24.3 Å². The van der Waals surface area contributed by atoms with E-state index in [0.717, 1.165) is 18.4 Å². The van der Waals surface area contributed by atoms with E-state index in [-0.39, 0.29) is 24.1 Å². The Kier molecular flexibility index (Phi) is 5.88. The van der Waals surface area contributed by atoms with Crippen LogP contribution in [0, 0.1) is 11.2 Å². The fourth-order valence-corrected chi connectivity index (χ4v) is 1.13. The van der Waals surface area contributed by atoms with Gasteiger partial charge in [-0.15, -0.1) is 12.4 Å². The monoisotopic (exact) mass is 216 g/mol. The molecule has 3 N–H and O–H groups in total. The fraction of sp³-hybridized carbons (Fsp3) is 0.300. The van der Waals surface area contributed by atoms with Gasteiger partial charge in [0.15, 0.2) is 0 Å². The average molecular weight is 217 g/mol. The largest absolute Gasteiger partial charge is 0.388 e. The average Bonchev–Trinajstić information content (AvgIpc) is 2.08. The summed E-state index contributed by atoms with van der Waals surface area (Å²) in [6.45, 7) is 0. The Morgan fingerprint density at radius 2 is 1.86 bits per heavy atom. The van der Waals surface area contributed by atoms with E-state index in [0.29, 0.717) is 6.42 Å². The van der Waals surface area contributed by atoms with E-state index >= 15 is 0 Å². The van der Waals surface area contributed by atoms with Crippen molar-refractivity contribution in [1.29, 1.82) is 5.41 Å². The van der Waals surface area contributed by atoms with Gasteiger partial charge >= 0.3 is 0 Å². The Morgan fingerprint density at radius 3 is 2.36 bits per heavy atom. The van der Waals surface area contributed by atoms with Gasteiger partial charge in [0.1, 0.15) is 5.82 Å². The maximum atomic E-state index is 12.5. The lowest BCUT2D eigenvalue weighted by atomic mass is 10.1. The predicted molar refractivity (Wildman–Crippen MR) is 58.5 cm³/mol. The summed E-state index contributed by atoms with van der Waals surface area (Å²) in [7, 11) is 0. The molecule has 1 rings (SSSR count). The van der Waals surface area contributed by atoms with Crippen molar-refractivity contribution in [2.45, 2.75) is 19.3 Å². The van der Waals surface area contributed by atoms with E-state index in [1.54, 1.807) is 12.1 Å². The first-order chi connectivity index (χ1) is 6.18. The van der Waals surface area contributed by atoms with Gasteiger partial charge in [-0.2, -0.15) is 0 Å². The van der Waals surface area contributed by atoms with Crippen LogP contribution in [-0.4, -0.2) is 5.84 Å². The van der Waals surface area contributed by atoms with E-state index in [1.165, 1.54) is 12.1 Å². The quantitative estimate of drug-likeness (QED) is 0.590. The van der Waals surface area contributed by atoms with E-state index in [9.17, 15) is 4.39 Å². The van der Waals surface area contributed by atoms with Crippen molar-refractivity contribution >= 4 is 18.2 Å². The molecular weight excluding hydrogens is 203 g/mol. The molecule has 4 heteroatoms. The molecule has 0 aliphatic rings. The Morgan fingerprint density at radius 1 is 1.29 bits per heavy atom. The number of amidine groups is 1. The van der Waals surface area contributed by atoms with Gasteiger partial charge in [0.2, 0.25) is 0 Å². The summed E-state index contributed by atoms with van der Waals surface area (Å²) in [5.41, 5.74) is 6.29. The maximum absolute atomic E-state index is 12.5. The highest BCUT2D eigenvalue weighted by atomic mass is 35.5. The van der Waals surface area contributed by atoms with Crippen molar-refractivity contribution in [3.05, 3.63) is 35.6 Å². The molecule has 0 atom stereocenters. The first kappa shape index (κ1) is 12.9. The number of halogens is 2. The fourth-order valence-electron chi connectivity index (χ4n) is 1.13. The third-order valence-corrected chi connectivity index (χ3v) is 1.82. The molecule has 0 heterocycles. The summed E-state index contributed by atoms with van der Waals surface area (Å²) in [5, 5.41) is 7.01. The summed E-state index contributed by atoms with van der Waals surface area (Å²) in [6, 6.07) is 6.41. The number of rotatable bonds is 4. The van der Waals surface area contributed by atoms with Crippen LogP contribution in [0.2, 0.25) is 0 Å². The van der Waals surface area contributed by atoms with Crippen LogP contribution in [0.5, 0.6) is 0 Å². The molecule has 0 radical (unpaired) electrons. The zero-order valence-electron chi connectivity index (χ0n) is 7.79. The van der Waals surface area contributed by atoms with Crippen LogP contribution in [0.25, 0.3) is 0 Å². The molecule has 0 spiro atoms. The zero-order chi connectivity index (χ0) is 9.68. The Balaban J connectivity index is 0.00000169. The molecule has 0 amide bonds. The van der Waals surface area contributed by atoms with Gasteiger partial charge in [0.25, 0.3) is 0 Å². The SMILES string of the molecule is Cl.N=C(N)CCCc1ccc(F)cc1. The topological polar surface area (TPSA) is 49.9 Å². The molecule has 0 aromatic heterocycles. The lowest BCUT2D eigenvalue weighted by Gasteiger charge is -2.00. The molecule has 78 valence electrons. The molecule has 0 aliphatic carbocycles.